The number of hydrogen-bond donors (Lipinski definition) is 0. The fraction of sp³-hybridized carbons (Fsp3) is 0.286. The standard InChI is InChI=1S/C21H21F3N2O4/c1-13-6-5-7-16(18(11-28-3)20(27)29-4)17(13)12-30-26-14(2)15-8-9-25-10-19(15)21(22,23)24/h5-11H,12H2,1-4H3/b18-11+,26-14+. The highest BCUT2D eigenvalue weighted by molar-refractivity contribution is 6.16. The predicted molar refractivity (Wildman–Crippen MR) is 104 cm³/mol. The molecule has 0 fully saturated rings. The zero-order valence-corrected chi connectivity index (χ0v) is 16.9. The Morgan fingerprint density at radius 2 is 1.93 bits per heavy atom. The van der Waals surface area contributed by atoms with Crippen molar-refractivity contribution >= 4 is 17.3 Å². The van der Waals surface area contributed by atoms with Crippen molar-refractivity contribution in [1.82, 2.24) is 4.98 Å². The van der Waals surface area contributed by atoms with Gasteiger partial charge in [0.1, 0.15) is 12.2 Å². The number of oxime groups is 1. The van der Waals surface area contributed by atoms with Crippen LogP contribution in [0.1, 0.15) is 34.7 Å². The first-order chi connectivity index (χ1) is 14.2. The molecule has 0 aliphatic rings. The third kappa shape index (κ3) is 5.37. The van der Waals surface area contributed by atoms with Gasteiger partial charge < -0.3 is 14.3 Å². The van der Waals surface area contributed by atoms with E-state index in [1.165, 1.54) is 39.7 Å². The zero-order valence-electron chi connectivity index (χ0n) is 16.9. The fourth-order valence-electron chi connectivity index (χ4n) is 2.77. The van der Waals surface area contributed by atoms with Crippen molar-refractivity contribution in [2.24, 2.45) is 5.16 Å². The number of methoxy groups -OCH3 is 2. The molecule has 0 spiro atoms. The molecule has 0 saturated carbocycles. The molecule has 1 aromatic carbocycles. The van der Waals surface area contributed by atoms with Crippen molar-refractivity contribution in [2.45, 2.75) is 26.6 Å². The number of pyridine rings is 1. The molecule has 2 rings (SSSR count). The molecule has 1 aromatic heterocycles. The van der Waals surface area contributed by atoms with Gasteiger partial charge in [-0.2, -0.15) is 13.2 Å². The Bertz CT molecular complexity index is 969. The zero-order chi connectivity index (χ0) is 22.3. The predicted octanol–water partition coefficient (Wildman–Crippen LogP) is 4.51. The summed E-state index contributed by atoms with van der Waals surface area (Å²) >= 11 is 0. The van der Waals surface area contributed by atoms with E-state index in [1.54, 1.807) is 12.1 Å². The molecule has 6 nitrogen and oxygen atoms in total. The molecule has 0 bridgehead atoms. The quantitative estimate of drug-likeness (QED) is 0.216. The lowest BCUT2D eigenvalue weighted by atomic mass is 9.97. The van der Waals surface area contributed by atoms with E-state index in [-0.39, 0.29) is 23.5 Å². The molecule has 2 aromatic rings. The summed E-state index contributed by atoms with van der Waals surface area (Å²) in [7, 11) is 2.65. The molecule has 0 unspecified atom stereocenters. The average Bonchev–Trinajstić information content (AvgIpc) is 2.72. The molecule has 1 heterocycles. The van der Waals surface area contributed by atoms with E-state index in [4.69, 9.17) is 14.3 Å². The number of rotatable bonds is 7. The number of aromatic nitrogens is 1. The molecule has 0 atom stereocenters. The summed E-state index contributed by atoms with van der Waals surface area (Å²) in [6, 6.07) is 6.47. The van der Waals surface area contributed by atoms with Crippen LogP contribution in [0.5, 0.6) is 0 Å². The Morgan fingerprint density at radius 3 is 2.57 bits per heavy atom. The topological polar surface area (TPSA) is 70.0 Å². The molecule has 0 aliphatic heterocycles. The molecule has 30 heavy (non-hydrogen) atoms. The number of hydrogen-bond acceptors (Lipinski definition) is 6. The summed E-state index contributed by atoms with van der Waals surface area (Å²) < 4.78 is 49.3. The maximum absolute atomic E-state index is 13.2. The average molecular weight is 422 g/mol. The van der Waals surface area contributed by atoms with Crippen LogP contribution in [-0.2, 0) is 31.9 Å². The summed E-state index contributed by atoms with van der Waals surface area (Å²) in [6.07, 6.45) is -1.32. The van der Waals surface area contributed by atoms with Crippen molar-refractivity contribution in [3.05, 3.63) is 70.7 Å². The molecular weight excluding hydrogens is 401 g/mol. The number of esters is 1. The number of aryl methyl sites for hydroxylation is 1. The summed E-state index contributed by atoms with van der Waals surface area (Å²) in [5.41, 5.74) is 1.12. The summed E-state index contributed by atoms with van der Waals surface area (Å²) in [6.45, 7) is 3.14. The maximum Gasteiger partial charge on any atom is 0.418 e. The van der Waals surface area contributed by atoms with Gasteiger partial charge in [0.05, 0.1) is 31.8 Å². The molecule has 0 radical (unpaired) electrons. The van der Waals surface area contributed by atoms with Gasteiger partial charge >= 0.3 is 12.1 Å². The van der Waals surface area contributed by atoms with Gasteiger partial charge in [-0.3, -0.25) is 4.98 Å². The van der Waals surface area contributed by atoms with Crippen LogP contribution in [-0.4, -0.2) is 30.9 Å². The van der Waals surface area contributed by atoms with Crippen LogP contribution in [0.4, 0.5) is 13.2 Å². The molecule has 0 saturated heterocycles. The number of alkyl halides is 3. The van der Waals surface area contributed by atoms with Crippen LogP contribution < -0.4 is 0 Å². The Balaban J connectivity index is 2.33. The minimum Gasteiger partial charge on any atom is -0.503 e. The van der Waals surface area contributed by atoms with Crippen molar-refractivity contribution in [2.75, 3.05) is 14.2 Å². The first-order valence-corrected chi connectivity index (χ1v) is 8.79. The van der Waals surface area contributed by atoms with E-state index in [0.29, 0.717) is 11.1 Å². The van der Waals surface area contributed by atoms with Crippen molar-refractivity contribution in [3.8, 4) is 0 Å². The summed E-state index contributed by atoms with van der Waals surface area (Å²) in [5.74, 6) is -0.602. The highest BCUT2D eigenvalue weighted by Gasteiger charge is 2.34. The smallest absolute Gasteiger partial charge is 0.418 e. The third-order valence-electron chi connectivity index (χ3n) is 4.27. The van der Waals surface area contributed by atoms with E-state index in [2.05, 4.69) is 10.1 Å². The first-order valence-electron chi connectivity index (χ1n) is 8.79. The number of nitrogens with zero attached hydrogens (tertiary/aromatic N) is 2. The molecular formula is C21H21F3N2O4. The largest absolute Gasteiger partial charge is 0.503 e. The van der Waals surface area contributed by atoms with Crippen molar-refractivity contribution in [3.63, 3.8) is 0 Å². The Hall–Kier alpha value is -3.36. The summed E-state index contributed by atoms with van der Waals surface area (Å²) in [5, 5.41) is 3.84. The lowest BCUT2D eigenvalue weighted by molar-refractivity contribution is -0.138. The van der Waals surface area contributed by atoms with E-state index < -0.39 is 17.7 Å². The second-order valence-corrected chi connectivity index (χ2v) is 6.23. The maximum atomic E-state index is 13.2. The minimum absolute atomic E-state index is 0.0421. The van der Waals surface area contributed by atoms with Gasteiger partial charge in [-0.05, 0) is 31.0 Å². The van der Waals surface area contributed by atoms with Gasteiger partial charge in [-0.15, -0.1) is 0 Å². The lowest BCUT2D eigenvalue weighted by Crippen LogP contribution is -2.13. The van der Waals surface area contributed by atoms with E-state index in [9.17, 15) is 18.0 Å². The minimum atomic E-state index is -4.57. The van der Waals surface area contributed by atoms with Crippen LogP contribution in [0, 0.1) is 6.92 Å². The monoisotopic (exact) mass is 422 g/mol. The van der Waals surface area contributed by atoms with Gasteiger partial charge in [0.25, 0.3) is 0 Å². The van der Waals surface area contributed by atoms with E-state index in [0.717, 1.165) is 11.8 Å². The highest BCUT2D eigenvalue weighted by Crippen LogP contribution is 2.31. The fourth-order valence-corrected chi connectivity index (χ4v) is 2.77. The number of carbonyl (C=O) groups excluding carboxylic acids is 1. The van der Waals surface area contributed by atoms with Crippen LogP contribution in [0.2, 0.25) is 0 Å². The first kappa shape index (κ1) is 22.9. The van der Waals surface area contributed by atoms with Gasteiger partial charge in [0.15, 0.2) is 0 Å². The molecule has 0 N–H and O–H groups in total. The van der Waals surface area contributed by atoms with Gasteiger partial charge in [-0.25, -0.2) is 4.79 Å². The SMILES string of the molecule is CO/C=C(/C(=O)OC)c1cccc(C)c1CO/N=C(\C)c1ccncc1C(F)(F)F. The van der Waals surface area contributed by atoms with Crippen LogP contribution in [0.15, 0.2) is 48.1 Å². The van der Waals surface area contributed by atoms with E-state index >= 15 is 0 Å². The van der Waals surface area contributed by atoms with E-state index in [1.807, 2.05) is 13.0 Å². The second kappa shape index (κ2) is 9.91. The van der Waals surface area contributed by atoms with Crippen molar-refractivity contribution in [1.29, 1.82) is 0 Å². The van der Waals surface area contributed by atoms with Gasteiger partial charge in [0, 0.05) is 23.5 Å². The molecule has 160 valence electrons. The highest BCUT2D eigenvalue weighted by atomic mass is 19.4. The number of carbonyl (C=O) groups is 1. The third-order valence-corrected chi connectivity index (χ3v) is 4.27. The Kier molecular flexibility index (Phi) is 7.57. The Morgan fingerprint density at radius 1 is 1.20 bits per heavy atom. The molecule has 0 aliphatic carbocycles. The molecule has 0 amide bonds. The second-order valence-electron chi connectivity index (χ2n) is 6.23. The van der Waals surface area contributed by atoms with Gasteiger partial charge in [-0.1, -0.05) is 23.4 Å². The van der Waals surface area contributed by atoms with Crippen LogP contribution in [0.3, 0.4) is 0 Å². The number of ether oxygens (including phenoxy) is 2. The van der Waals surface area contributed by atoms with Crippen LogP contribution >= 0.6 is 0 Å². The Labute approximate surface area is 172 Å². The van der Waals surface area contributed by atoms with Gasteiger partial charge in [0.2, 0.25) is 0 Å². The van der Waals surface area contributed by atoms with Crippen LogP contribution in [0.25, 0.3) is 5.57 Å². The molecule has 9 heteroatoms. The van der Waals surface area contributed by atoms with Crippen molar-refractivity contribution < 1.29 is 32.3 Å². The number of halogens is 3. The lowest BCUT2D eigenvalue weighted by Gasteiger charge is -2.14. The summed E-state index contributed by atoms with van der Waals surface area (Å²) in [4.78, 5) is 21.0. The number of benzene rings is 1. The normalized spacial score (nSPS) is 12.5.